The Morgan fingerprint density at radius 1 is 1.22 bits per heavy atom. The van der Waals surface area contributed by atoms with Crippen molar-refractivity contribution in [3.05, 3.63) is 35.4 Å². The summed E-state index contributed by atoms with van der Waals surface area (Å²) in [7, 11) is 0. The number of nitrogens with zero attached hydrogens (tertiary/aromatic N) is 1. The van der Waals surface area contributed by atoms with Gasteiger partial charge in [-0.3, -0.25) is 4.90 Å². The third-order valence-corrected chi connectivity index (χ3v) is 4.71. The van der Waals surface area contributed by atoms with Crippen LogP contribution in [0, 0.1) is 0 Å². The Morgan fingerprint density at radius 2 is 1.94 bits per heavy atom. The molecule has 1 atom stereocenters. The summed E-state index contributed by atoms with van der Waals surface area (Å²) < 4.78 is 0. The van der Waals surface area contributed by atoms with Gasteiger partial charge in [-0.1, -0.05) is 60.5 Å². The van der Waals surface area contributed by atoms with Crippen molar-refractivity contribution in [1.82, 2.24) is 4.90 Å². The quantitative estimate of drug-likeness (QED) is 0.737. The number of likely N-dealkylation sites (tertiary alicyclic amines) is 1. The molecule has 1 fully saturated rings. The standard InChI is InChI=1S/C16H24BrN/c1-13(2)15-8-6-14(7-9-15)12-18-10-4-3-5-16(18)11-17/h6-9,13,16H,3-5,10-12H2,1-2H3. The van der Waals surface area contributed by atoms with Gasteiger partial charge in [0.25, 0.3) is 0 Å². The third-order valence-electron chi connectivity index (χ3n) is 3.96. The van der Waals surface area contributed by atoms with E-state index in [0.29, 0.717) is 5.92 Å². The summed E-state index contributed by atoms with van der Waals surface area (Å²) in [6.45, 7) is 6.86. The lowest BCUT2D eigenvalue weighted by Crippen LogP contribution is -2.39. The lowest BCUT2D eigenvalue weighted by atomic mass is 10.00. The van der Waals surface area contributed by atoms with Gasteiger partial charge in [0.15, 0.2) is 0 Å². The first-order chi connectivity index (χ1) is 8.70. The van der Waals surface area contributed by atoms with E-state index in [1.165, 1.54) is 36.9 Å². The summed E-state index contributed by atoms with van der Waals surface area (Å²) in [5.74, 6) is 0.629. The van der Waals surface area contributed by atoms with E-state index in [2.05, 4.69) is 58.9 Å². The Labute approximate surface area is 120 Å². The van der Waals surface area contributed by atoms with Gasteiger partial charge in [-0.2, -0.15) is 0 Å². The summed E-state index contributed by atoms with van der Waals surface area (Å²) >= 11 is 3.65. The topological polar surface area (TPSA) is 3.24 Å². The van der Waals surface area contributed by atoms with Gasteiger partial charge >= 0.3 is 0 Å². The van der Waals surface area contributed by atoms with Crippen LogP contribution in [0.1, 0.15) is 50.2 Å². The molecule has 1 aromatic carbocycles. The monoisotopic (exact) mass is 309 g/mol. The molecule has 0 aliphatic carbocycles. The molecule has 0 amide bonds. The van der Waals surface area contributed by atoms with E-state index in [1.807, 2.05) is 0 Å². The Balaban J connectivity index is 1.99. The Kier molecular flexibility index (Phi) is 5.25. The molecule has 1 heterocycles. The van der Waals surface area contributed by atoms with Gasteiger partial charge in [-0.25, -0.2) is 0 Å². The van der Waals surface area contributed by atoms with Gasteiger partial charge in [0, 0.05) is 17.9 Å². The highest BCUT2D eigenvalue weighted by molar-refractivity contribution is 9.09. The SMILES string of the molecule is CC(C)c1ccc(CN2CCCCC2CBr)cc1. The minimum atomic E-state index is 0.629. The van der Waals surface area contributed by atoms with Gasteiger partial charge in [-0.15, -0.1) is 0 Å². The van der Waals surface area contributed by atoms with Crippen LogP contribution in [0.25, 0.3) is 0 Å². The molecule has 1 aliphatic heterocycles. The zero-order valence-corrected chi connectivity index (χ0v) is 13.1. The number of halogens is 1. The van der Waals surface area contributed by atoms with Gasteiger partial charge in [-0.05, 0) is 36.4 Å². The van der Waals surface area contributed by atoms with E-state index in [1.54, 1.807) is 0 Å². The average molecular weight is 310 g/mol. The van der Waals surface area contributed by atoms with Gasteiger partial charge in [0.05, 0.1) is 0 Å². The van der Waals surface area contributed by atoms with Crippen molar-refractivity contribution < 1.29 is 0 Å². The second-order valence-corrected chi connectivity index (χ2v) is 6.32. The fraction of sp³-hybridized carbons (Fsp3) is 0.625. The highest BCUT2D eigenvalue weighted by Gasteiger charge is 2.21. The highest BCUT2D eigenvalue weighted by Crippen LogP contribution is 2.22. The molecule has 18 heavy (non-hydrogen) atoms. The van der Waals surface area contributed by atoms with Crippen LogP contribution in [0.4, 0.5) is 0 Å². The van der Waals surface area contributed by atoms with Crippen LogP contribution in [-0.4, -0.2) is 22.8 Å². The minimum Gasteiger partial charge on any atom is -0.295 e. The van der Waals surface area contributed by atoms with Gasteiger partial charge in [0.2, 0.25) is 0 Å². The second kappa shape index (κ2) is 6.72. The molecule has 0 aromatic heterocycles. The van der Waals surface area contributed by atoms with Crippen molar-refractivity contribution in [1.29, 1.82) is 0 Å². The van der Waals surface area contributed by atoms with Gasteiger partial charge < -0.3 is 0 Å². The van der Waals surface area contributed by atoms with Crippen LogP contribution >= 0.6 is 15.9 Å². The van der Waals surface area contributed by atoms with Crippen molar-refractivity contribution >= 4 is 15.9 Å². The van der Waals surface area contributed by atoms with Crippen molar-refractivity contribution in [3.63, 3.8) is 0 Å². The van der Waals surface area contributed by atoms with Crippen molar-refractivity contribution in [3.8, 4) is 0 Å². The number of piperidine rings is 1. The van der Waals surface area contributed by atoms with E-state index < -0.39 is 0 Å². The first-order valence-corrected chi connectivity index (χ1v) is 8.21. The van der Waals surface area contributed by atoms with E-state index in [0.717, 1.165) is 17.9 Å². The summed E-state index contributed by atoms with van der Waals surface area (Å²) in [6, 6.07) is 9.90. The molecule has 0 saturated carbocycles. The van der Waals surface area contributed by atoms with Crippen LogP contribution in [0.5, 0.6) is 0 Å². The molecular formula is C16H24BrN. The first-order valence-electron chi connectivity index (χ1n) is 7.09. The number of benzene rings is 1. The summed E-state index contributed by atoms with van der Waals surface area (Å²) in [4.78, 5) is 2.63. The van der Waals surface area contributed by atoms with Crippen LogP contribution in [0.15, 0.2) is 24.3 Å². The molecule has 2 rings (SSSR count). The Bertz CT molecular complexity index is 358. The molecule has 0 spiro atoms. The lowest BCUT2D eigenvalue weighted by Gasteiger charge is -2.34. The smallest absolute Gasteiger partial charge is 0.0237 e. The molecule has 0 N–H and O–H groups in total. The van der Waals surface area contributed by atoms with E-state index in [9.17, 15) is 0 Å². The molecule has 1 unspecified atom stereocenters. The number of hydrogen-bond acceptors (Lipinski definition) is 1. The summed E-state index contributed by atoms with van der Waals surface area (Å²) in [6.07, 6.45) is 4.09. The Hall–Kier alpha value is -0.340. The average Bonchev–Trinajstić information content (AvgIpc) is 2.40. The third kappa shape index (κ3) is 3.58. The zero-order chi connectivity index (χ0) is 13.0. The normalized spacial score (nSPS) is 21.4. The predicted molar refractivity (Wildman–Crippen MR) is 82.4 cm³/mol. The largest absolute Gasteiger partial charge is 0.295 e. The minimum absolute atomic E-state index is 0.629. The van der Waals surface area contributed by atoms with E-state index >= 15 is 0 Å². The predicted octanol–water partition coefficient (Wildman–Crippen LogP) is 4.56. The number of hydrogen-bond donors (Lipinski definition) is 0. The first kappa shape index (κ1) is 14.1. The fourth-order valence-electron chi connectivity index (χ4n) is 2.69. The van der Waals surface area contributed by atoms with Crippen LogP contribution in [-0.2, 0) is 6.54 Å². The van der Waals surface area contributed by atoms with Crippen LogP contribution in [0.2, 0.25) is 0 Å². The number of rotatable bonds is 4. The van der Waals surface area contributed by atoms with Crippen LogP contribution < -0.4 is 0 Å². The van der Waals surface area contributed by atoms with Gasteiger partial charge in [0.1, 0.15) is 0 Å². The fourth-order valence-corrected chi connectivity index (χ4v) is 3.42. The molecule has 0 radical (unpaired) electrons. The zero-order valence-electron chi connectivity index (χ0n) is 11.5. The Morgan fingerprint density at radius 3 is 2.56 bits per heavy atom. The maximum Gasteiger partial charge on any atom is 0.0237 e. The molecule has 0 bridgehead atoms. The number of alkyl halides is 1. The molecule has 1 saturated heterocycles. The van der Waals surface area contributed by atoms with Crippen molar-refractivity contribution in [2.45, 2.75) is 51.6 Å². The van der Waals surface area contributed by atoms with Crippen molar-refractivity contribution in [2.75, 3.05) is 11.9 Å². The molecule has 1 aliphatic rings. The van der Waals surface area contributed by atoms with Crippen LogP contribution in [0.3, 0.4) is 0 Å². The van der Waals surface area contributed by atoms with E-state index in [4.69, 9.17) is 0 Å². The second-order valence-electron chi connectivity index (χ2n) is 5.67. The molecule has 1 aromatic rings. The molecule has 100 valence electrons. The lowest BCUT2D eigenvalue weighted by molar-refractivity contribution is 0.156. The summed E-state index contributed by atoms with van der Waals surface area (Å²) in [5, 5.41) is 1.11. The van der Waals surface area contributed by atoms with Crippen molar-refractivity contribution in [2.24, 2.45) is 0 Å². The molecule has 2 heteroatoms. The molecular weight excluding hydrogens is 286 g/mol. The van der Waals surface area contributed by atoms with E-state index in [-0.39, 0.29) is 0 Å². The highest BCUT2D eigenvalue weighted by atomic mass is 79.9. The maximum atomic E-state index is 3.65. The summed E-state index contributed by atoms with van der Waals surface area (Å²) in [5.41, 5.74) is 2.89. The molecule has 1 nitrogen and oxygen atoms in total. The maximum absolute atomic E-state index is 3.65.